The lowest BCUT2D eigenvalue weighted by molar-refractivity contribution is -0.137. The summed E-state index contributed by atoms with van der Waals surface area (Å²) in [5, 5.41) is 2.67. The van der Waals surface area contributed by atoms with E-state index < -0.39 is 11.7 Å². The third kappa shape index (κ3) is 5.61. The molecule has 1 aromatic heterocycles. The van der Waals surface area contributed by atoms with E-state index >= 15 is 0 Å². The number of ether oxygens (including phenoxy) is 2. The zero-order valence-electron chi connectivity index (χ0n) is 19.3. The van der Waals surface area contributed by atoms with Crippen molar-refractivity contribution in [2.75, 3.05) is 51.3 Å². The number of likely N-dealkylation sites (tertiary alicyclic amines) is 1. The van der Waals surface area contributed by atoms with Crippen molar-refractivity contribution >= 4 is 11.6 Å². The standard InChI is InChI=1S/C24H29F3N4O3/c1-16-9-20(4-3-17(16)12-30-13-18(14-30)23(32)28-2)34-15-19-10-21(24(25,26)27)22(11-29-19)31-5-7-33-8-6-31/h3-4,9-11,18H,5-8,12-15H2,1-2H3,(H,28,32). The number of nitrogens with zero attached hydrogens (tertiary/aromatic N) is 3. The van der Waals surface area contributed by atoms with E-state index in [4.69, 9.17) is 9.47 Å². The molecule has 10 heteroatoms. The minimum Gasteiger partial charge on any atom is -0.487 e. The number of hydrogen-bond acceptors (Lipinski definition) is 6. The Balaban J connectivity index is 1.38. The molecule has 34 heavy (non-hydrogen) atoms. The van der Waals surface area contributed by atoms with Crippen LogP contribution in [0.3, 0.4) is 0 Å². The summed E-state index contributed by atoms with van der Waals surface area (Å²) in [6, 6.07) is 6.70. The maximum atomic E-state index is 13.7. The number of hydrogen-bond donors (Lipinski definition) is 1. The highest BCUT2D eigenvalue weighted by atomic mass is 19.4. The van der Waals surface area contributed by atoms with Crippen LogP contribution in [0.25, 0.3) is 0 Å². The van der Waals surface area contributed by atoms with Crippen molar-refractivity contribution in [3.8, 4) is 5.75 Å². The van der Waals surface area contributed by atoms with E-state index in [1.807, 2.05) is 25.1 Å². The molecule has 0 spiro atoms. The molecule has 3 heterocycles. The second kappa shape index (κ2) is 10.2. The van der Waals surface area contributed by atoms with Crippen LogP contribution in [0.1, 0.15) is 22.4 Å². The van der Waals surface area contributed by atoms with Crippen LogP contribution in [0.4, 0.5) is 18.9 Å². The molecule has 2 aromatic rings. The molecule has 0 radical (unpaired) electrons. The molecule has 7 nitrogen and oxygen atoms in total. The maximum Gasteiger partial charge on any atom is 0.418 e. The van der Waals surface area contributed by atoms with Gasteiger partial charge in [0.25, 0.3) is 0 Å². The molecule has 0 aliphatic carbocycles. The maximum absolute atomic E-state index is 13.7. The van der Waals surface area contributed by atoms with Gasteiger partial charge in [-0.2, -0.15) is 13.2 Å². The van der Waals surface area contributed by atoms with E-state index in [1.54, 1.807) is 11.9 Å². The van der Waals surface area contributed by atoms with Crippen LogP contribution in [0.5, 0.6) is 5.75 Å². The van der Waals surface area contributed by atoms with Crippen molar-refractivity contribution in [3.63, 3.8) is 0 Å². The van der Waals surface area contributed by atoms with Crippen LogP contribution >= 0.6 is 0 Å². The van der Waals surface area contributed by atoms with Gasteiger partial charge < -0.3 is 19.7 Å². The number of halogens is 3. The Bertz CT molecular complexity index is 1020. The number of carbonyl (C=O) groups excluding carboxylic acids is 1. The van der Waals surface area contributed by atoms with E-state index in [0.717, 1.165) is 36.8 Å². The number of rotatable bonds is 7. The minimum atomic E-state index is -4.49. The Kier molecular flexibility index (Phi) is 7.27. The largest absolute Gasteiger partial charge is 0.487 e. The first-order valence-corrected chi connectivity index (χ1v) is 11.3. The molecule has 1 amide bonds. The van der Waals surface area contributed by atoms with E-state index in [2.05, 4.69) is 15.2 Å². The molecule has 1 aromatic carbocycles. The van der Waals surface area contributed by atoms with Gasteiger partial charge in [-0.3, -0.25) is 14.7 Å². The summed E-state index contributed by atoms with van der Waals surface area (Å²) in [5.74, 6) is 0.675. The monoisotopic (exact) mass is 478 g/mol. The van der Waals surface area contributed by atoms with Crippen LogP contribution in [0, 0.1) is 12.8 Å². The molecule has 0 atom stereocenters. The minimum absolute atomic E-state index is 0.0386. The summed E-state index contributed by atoms with van der Waals surface area (Å²) in [6.07, 6.45) is -3.21. The number of benzene rings is 1. The molecule has 184 valence electrons. The summed E-state index contributed by atoms with van der Waals surface area (Å²) >= 11 is 0. The number of aryl methyl sites for hydroxylation is 1. The predicted octanol–water partition coefficient (Wildman–Crippen LogP) is 3.00. The number of alkyl halides is 3. The van der Waals surface area contributed by atoms with Crippen molar-refractivity contribution in [2.24, 2.45) is 5.92 Å². The van der Waals surface area contributed by atoms with Gasteiger partial charge in [-0.25, -0.2) is 0 Å². The summed E-state index contributed by atoms with van der Waals surface area (Å²) in [7, 11) is 1.64. The van der Waals surface area contributed by atoms with Crippen LogP contribution in [0.15, 0.2) is 30.5 Å². The highest BCUT2D eigenvalue weighted by Crippen LogP contribution is 2.37. The average molecular weight is 479 g/mol. The molecule has 1 N–H and O–H groups in total. The fourth-order valence-corrected chi connectivity index (χ4v) is 4.26. The van der Waals surface area contributed by atoms with Crippen molar-refractivity contribution in [2.45, 2.75) is 26.3 Å². The van der Waals surface area contributed by atoms with Crippen LogP contribution in [-0.4, -0.2) is 62.2 Å². The average Bonchev–Trinajstić information content (AvgIpc) is 2.80. The molecule has 2 saturated heterocycles. The highest BCUT2D eigenvalue weighted by molar-refractivity contribution is 5.79. The Labute approximate surface area is 196 Å². The van der Waals surface area contributed by atoms with E-state index in [9.17, 15) is 18.0 Å². The molecular formula is C24H29F3N4O3. The fraction of sp³-hybridized carbons (Fsp3) is 0.500. The van der Waals surface area contributed by atoms with Gasteiger partial charge in [0.1, 0.15) is 12.4 Å². The smallest absolute Gasteiger partial charge is 0.418 e. The number of pyridine rings is 1. The number of amides is 1. The summed E-state index contributed by atoms with van der Waals surface area (Å²) in [4.78, 5) is 19.7. The summed E-state index contributed by atoms with van der Waals surface area (Å²) in [5.41, 5.74) is 1.72. The van der Waals surface area contributed by atoms with Crippen molar-refractivity contribution in [3.05, 3.63) is 52.8 Å². The van der Waals surface area contributed by atoms with Crippen LogP contribution in [0.2, 0.25) is 0 Å². The molecular weight excluding hydrogens is 449 g/mol. The van der Waals surface area contributed by atoms with E-state index in [1.165, 1.54) is 6.20 Å². The number of nitrogens with one attached hydrogen (secondary N) is 1. The predicted molar refractivity (Wildman–Crippen MR) is 121 cm³/mol. The lowest BCUT2D eigenvalue weighted by Gasteiger charge is -2.38. The van der Waals surface area contributed by atoms with Gasteiger partial charge in [0.15, 0.2) is 0 Å². The SMILES string of the molecule is CNC(=O)C1CN(Cc2ccc(OCc3cc(C(F)(F)F)c(N4CCOCC4)cn3)cc2C)C1. The third-order valence-corrected chi connectivity index (χ3v) is 6.27. The Morgan fingerprint density at radius 3 is 2.62 bits per heavy atom. The molecule has 0 saturated carbocycles. The second-order valence-electron chi connectivity index (χ2n) is 8.67. The lowest BCUT2D eigenvalue weighted by atomic mass is 9.97. The first-order valence-electron chi connectivity index (χ1n) is 11.3. The molecule has 2 aliphatic heterocycles. The van der Waals surface area contributed by atoms with Crippen molar-refractivity contribution in [1.82, 2.24) is 15.2 Å². The van der Waals surface area contributed by atoms with E-state index in [0.29, 0.717) is 32.1 Å². The Morgan fingerprint density at radius 2 is 1.97 bits per heavy atom. The summed E-state index contributed by atoms with van der Waals surface area (Å²) in [6.45, 7) is 5.68. The molecule has 0 bridgehead atoms. The van der Waals surface area contributed by atoms with Gasteiger partial charge in [-0.05, 0) is 36.2 Å². The second-order valence-corrected chi connectivity index (χ2v) is 8.67. The molecule has 0 unspecified atom stereocenters. The van der Waals surface area contributed by atoms with Gasteiger partial charge in [0, 0.05) is 39.8 Å². The topological polar surface area (TPSA) is 66.9 Å². The first-order chi connectivity index (χ1) is 16.2. The van der Waals surface area contributed by atoms with Gasteiger partial charge >= 0.3 is 6.18 Å². The number of morpholine rings is 1. The Morgan fingerprint density at radius 1 is 1.24 bits per heavy atom. The van der Waals surface area contributed by atoms with Crippen LogP contribution < -0.4 is 15.0 Å². The number of aromatic nitrogens is 1. The number of anilines is 1. The third-order valence-electron chi connectivity index (χ3n) is 6.27. The van der Waals surface area contributed by atoms with Gasteiger partial charge in [-0.15, -0.1) is 0 Å². The fourth-order valence-electron chi connectivity index (χ4n) is 4.26. The van der Waals surface area contributed by atoms with Crippen LogP contribution in [-0.2, 0) is 28.9 Å². The molecule has 2 fully saturated rings. The Hall–Kier alpha value is -2.85. The normalized spacial score (nSPS) is 17.4. The molecule has 4 rings (SSSR count). The zero-order valence-corrected chi connectivity index (χ0v) is 19.3. The van der Waals surface area contributed by atoms with Crippen molar-refractivity contribution in [1.29, 1.82) is 0 Å². The van der Waals surface area contributed by atoms with Gasteiger partial charge in [-0.1, -0.05) is 6.07 Å². The highest BCUT2D eigenvalue weighted by Gasteiger charge is 2.36. The lowest BCUT2D eigenvalue weighted by Crippen LogP contribution is -2.52. The zero-order chi connectivity index (χ0) is 24.3. The van der Waals surface area contributed by atoms with Gasteiger partial charge in [0.2, 0.25) is 5.91 Å². The molecule has 2 aliphatic rings. The quantitative estimate of drug-likeness (QED) is 0.660. The number of carbonyl (C=O) groups is 1. The first kappa shape index (κ1) is 24.3. The van der Waals surface area contributed by atoms with E-state index in [-0.39, 0.29) is 29.8 Å². The summed E-state index contributed by atoms with van der Waals surface area (Å²) < 4.78 is 52.2. The van der Waals surface area contributed by atoms with Crippen molar-refractivity contribution < 1.29 is 27.4 Å². The van der Waals surface area contributed by atoms with Gasteiger partial charge in [0.05, 0.1) is 42.3 Å².